The van der Waals surface area contributed by atoms with Crippen LogP contribution in [0.4, 0.5) is 4.39 Å². The lowest BCUT2D eigenvalue weighted by molar-refractivity contribution is 0.0466. The average molecular weight is 388 g/mol. The molecule has 0 N–H and O–H groups in total. The van der Waals surface area contributed by atoms with Crippen LogP contribution in [0.3, 0.4) is 0 Å². The van der Waals surface area contributed by atoms with Crippen LogP contribution >= 0.6 is 0 Å². The van der Waals surface area contributed by atoms with Gasteiger partial charge in [0.15, 0.2) is 0 Å². The zero-order chi connectivity index (χ0) is 19.8. The Bertz CT molecular complexity index is 1220. The van der Waals surface area contributed by atoms with Gasteiger partial charge in [0.1, 0.15) is 18.1 Å². The Morgan fingerprint density at radius 2 is 1.83 bits per heavy atom. The van der Waals surface area contributed by atoms with E-state index in [-0.39, 0.29) is 12.4 Å². The Kier molecular flexibility index (Phi) is 4.27. The fourth-order valence-corrected chi connectivity index (χ4v) is 3.73. The molecule has 4 aromatic rings. The summed E-state index contributed by atoms with van der Waals surface area (Å²) in [4.78, 5) is 21.0. The predicted octanol–water partition coefficient (Wildman–Crippen LogP) is 3.80. The van der Waals surface area contributed by atoms with Crippen LogP contribution in [0.25, 0.3) is 16.7 Å². The first-order chi connectivity index (χ1) is 14.2. The lowest BCUT2D eigenvalue weighted by atomic mass is 10.2. The number of hydrogen-bond acceptors (Lipinski definition) is 5. The first-order valence-corrected chi connectivity index (χ1v) is 9.42. The summed E-state index contributed by atoms with van der Waals surface area (Å²) in [6.45, 7) is 0.0911. The van der Waals surface area contributed by atoms with Crippen molar-refractivity contribution in [3.05, 3.63) is 83.2 Å². The minimum Gasteiger partial charge on any atom is -0.455 e. The van der Waals surface area contributed by atoms with Crippen molar-refractivity contribution in [1.29, 1.82) is 0 Å². The van der Waals surface area contributed by atoms with Crippen LogP contribution in [0.1, 0.15) is 33.7 Å². The third kappa shape index (κ3) is 3.24. The average Bonchev–Trinajstić information content (AvgIpc) is 3.36. The summed E-state index contributed by atoms with van der Waals surface area (Å²) in [7, 11) is 0. The molecule has 6 nitrogen and oxygen atoms in total. The van der Waals surface area contributed by atoms with Gasteiger partial charge in [-0.05, 0) is 61.7 Å². The zero-order valence-electron chi connectivity index (χ0n) is 15.5. The Hall–Kier alpha value is -3.61. The van der Waals surface area contributed by atoms with Crippen LogP contribution in [-0.4, -0.2) is 25.7 Å². The minimum absolute atomic E-state index is 0.0911. The predicted molar refractivity (Wildman–Crippen MR) is 104 cm³/mol. The van der Waals surface area contributed by atoms with E-state index in [1.807, 2.05) is 4.68 Å². The fraction of sp³-hybridized carbons (Fsp3) is 0.182. The van der Waals surface area contributed by atoms with Gasteiger partial charge in [0.25, 0.3) is 0 Å². The molecule has 29 heavy (non-hydrogen) atoms. The molecule has 0 spiro atoms. The highest BCUT2D eigenvalue weighted by Crippen LogP contribution is 2.28. The summed E-state index contributed by atoms with van der Waals surface area (Å²) in [6, 6.07) is 11.3. The van der Waals surface area contributed by atoms with E-state index in [0.29, 0.717) is 11.1 Å². The molecule has 5 rings (SSSR count). The van der Waals surface area contributed by atoms with Crippen molar-refractivity contribution >= 4 is 17.0 Å². The standard InChI is InChI=1S/C22H17FN4O2/c23-15-5-7-16(8-6-15)27-21-3-1-2-17(21)20(26-27)13-29-22(28)14-4-9-18-19(12-14)25-11-10-24-18/h4-12H,1-3,13H2. The molecule has 2 heterocycles. The SMILES string of the molecule is O=C(OCc1nn(-c2ccc(F)cc2)c2c1CCC2)c1ccc2nccnc2c1. The van der Waals surface area contributed by atoms with Crippen molar-refractivity contribution in [3.8, 4) is 5.69 Å². The quantitative estimate of drug-likeness (QED) is 0.498. The summed E-state index contributed by atoms with van der Waals surface area (Å²) >= 11 is 0. The van der Waals surface area contributed by atoms with E-state index in [1.54, 1.807) is 42.7 Å². The summed E-state index contributed by atoms with van der Waals surface area (Å²) in [6.07, 6.45) is 6.02. The number of carbonyl (C=O) groups is 1. The smallest absolute Gasteiger partial charge is 0.338 e. The van der Waals surface area contributed by atoms with Crippen molar-refractivity contribution in [1.82, 2.24) is 19.7 Å². The Morgan fingerprint density at radius 3 is 2.66 bits per heavy atom. The number of benzene rings is 2. The largest absolute Gasteiger partial charge is 0.455 e. The summed E-state index contributed by atoms with van der Waals surface area (Å²) in [5.41, 5.74) is 5.55. The summed E-state index contributed by atoms with van der Waals surface area (Å²) in [5, 5.41) is 4.64. The van der Waals surface area contributed by atoms with Gasteiger partial charge in [-0.15, -0.1) is 0 Å². The number of fused-ring (bicyclic) bond motifs is 2. The van der Waals surface area contributed by atoms with Crippen LogP contribution in [-0.2, 0) is 24.2 Å². The van der Waals surface area contributed by atoms with Gasteiger partial charge in [0.2, 0.25) is 0 Å². The van der Waals surface area contributed by atoms with Crippen LogP contribution in [0, 0.1) is 5.82 Å². The molecule has 0 unspecified atom stereocenters. The van der Waals surface area contributed by atoms with Crippen molar-refractivity contribution in [2.75, 3.05) is 0 Å². The Morgan fingerprint density at radius 1 is 1.03 bits per heavy atom. The molecule has 0 saturated carbocycles. The molecule has 2 aromatic carbocycles. The highest BCUT2D eigenvalue weighted by molar-refractivity contribution is 5.93. The number of ether oxygens (including phenoxy) is 1. The Balaban J connectivity index is 1.38. The van der Waals surface area contributed by atoms with E-state index in [0.717, 1.165) is 47.4 Å². The van der Waals surface area contributed by atoms with Gasteiger partial charge in [-0.25, -0.2) is 13.9 Å². The molecule has 2 aromatic heterocycles. The molecule has 0 bridgehead atoms. The van der Waals surface area contributed by atoms with Crippen molar-refractivity contribution in [3.63, 3.8) is 0 Å². The van der Waals surface area contributed by atoms with Gasteiger partial charge in [-0.2, -0.15) is 5.10 Å². The van der Waals surface area contributed by atoms with E-state index in [9.17, 15) is 9.18 Å². The summed E-state index contributed by atoms with van der Waals surface area (Å²) < 4.78 is 20.6. The minimum atomic E-state index is -0.430. The highest BCUT2D eigenvalue weighted by Gasteiger charge is 2.24. The molecule has 0 saturated heterocycles. The lowest BCUT2D eigenvalue weighted by Gasteiger charge is -2.06. The number of hydrogen-bond donors (Lipinski definition) is 0. The van der Waals surface area contributed by atoms with Gasteiger partial charge >= 0.3 is 5.97 Å². The van der Waals surface area contributed by atoms with Crippen LogP contribution in [0.2, 0.25) is 0 Å². The van der Waals surface area contributed by atoms with Gasteiger partial charge < -0.3 is 4.74 Å². The van der Waals surface area contributed by atoms with Crippen LogP contribution in [0.15, 0.2) is 54.9 Å². The van der Waals surface area contributed by atoms with Gasteiger partial charge in [0.05, 0.1) is 22.3 Å². The molecule has 7 heteroatoms. The normalized spacial score (nSPS) is 12.9. The second-order valence-corrected chi connectivity index (χ2v) is 6.95. The maximum absolute atomic E-state index is 13.3. The highest BCUT2D eigenvalue weighted by atomic mass is 19.1. The number of rotatable bonds is 4. The molecule has 0 atom stereocenters. The van der Waals surface area contributed by atoms with E-state index in [2.05, 4.69) is 15.1 Å². The molecular weight excluding hydrogens is 371 g/mol. The molecule has 1 aliphatic rings. The van der Waals surface area contributed by atoms with Gasteiger partial charge in [0, 0.05) is 23.7 Å². The number of esters is 1. The topological polar surface area (TPSA) is 69.9 Å². The van der Waals surface area contributed by atoms with E-state index < -0.39 is 5.97 Å². The molecule has 0 fully saturated rings. The number of halogens is 1. The fourth-order valence-electron chi connectivity index (χ4n) is 3.73. The molecule has 144 valence electrons. The maximum atomic E-state index is 13.3. The number of aromatic nitrogens is 4. The van der Waals surface area contributed by atoms with Gasteiger partial charge in [-0.3, -0.25) is 9.97 Å². The molecule has 1 aliphatic carbocycles. The first kappa shape index (κ1) is 17.5. The number of nitrogens with zero attached hydrogens (tertiary/aromatic N) is 4. The zero-order valence-corrected chi connectivity index (χ0v) is 15.5. The van der Waals surface area contributed by atoms with Crippen molar-refractivity contribution in [2.45, 2.75) is 25.9 Å². The number of carbonyl (C=O) groups excluding carboxylic acids is 1. The third-order valence-corrected chi connectivity index (χ3v) is 5.13. The molecular formula is C22H17FN4O2. The van der Waals surface area contributed by atoms with Crippen LogP contribution < -0.4 is 0 Å². The van der Waals surface area contributed by atoms with Crippen molar-refractivity contribution in [2.24, 2.45) is 0 Å². The molecule has 0 amide bonds. The summed E-state index contributed by atoms with van der Waals surface area (Å²) in [5.74, 6) is -0.715. The second kappa shape index (κ2) is 7.09. The van der Waals surface area contributed by atoms with Crippen molar-refractivity contribution < 1.29 is 13.9 Å². The van der Waals surface area contributed by atoms with E-state index >= 15 is 0 Å². The Labute approximate surface area is 166 Å². The third-order valence-electron chi connectivity index (χ3n) is 5.13. The molecule has 0 radical (unpaired) electrons. The first-order valence-electron chi connectivity index (χ1n) is 9.42. The van der Waals surface area contributed by atoms with Crippen LogP contribution in [0.5, 0.6) is 0 Å². The van der Waals surface area contributed by atoms with E-state index in [4.69, 9.17) is 4.74 Å². The van der Waals surface area contributed by atoms with Gasteiger partial charge in [-0.1, -0.05) is 0 Å². The monoisotopic (exact) mass is 388 g/mol. The second-order valence-electron chi connectivity index (χ2n) is 6.95. The molecule has 0 aliphatic heterocycles. The maximum Gasteiger partial charge on any atom is 0.338 e. The van der Waals surface area contributed by atoms with E-state index in [1.165, 1.54) is 12.1 Å². The lowest BCUT2D eigenvalue weighted by Crippen LogP contribution is -2.07.